The quantitative estimate of drug-likeness (QED) is 0.0908. The molecule has 0 bridgehead atoms. The zero-order chi connectivity index (χ0) is 27.8. The average molecular weight is 556 g/mol. The lowest BCUT2D eigenvalue weighted by molar-refractivity contribution is -0.0328. The van der Waals surface area contributed by atoms with Crippen LogP contribution in [0.25, 0.3) is 0 Å². The molecule has 1 aromatic heterocycles. The average Bonchev–Trinajstić information content (AvgIpc) is 2.90. The van der Waals surface area contributed by atoms with Gasteiger partial charge in [-0.1, -0.05) is 24.3 Å². The summed E-state index contributed by atoms with van der Waals surface area (Å²) in [5.41, 5.74) is 5.96. The van der Waals surface area contributed by atoms with Crippen molar-refractivity contribution in [2.45, 2.75) is 10.4 Å². The zero-order valence-corrected chi connectivity index (χ0v) is 21.4. The van der Waals surface area contributed by atoms with E-state index >= 15 is 0 Å². The van der Waals surface area contributed by atoms with Gasteiger partial charge in [0.1, 0.15) is 17.2 Å². The van der Waals surface area contributed by atoms with Gasteiger partial charge in [0, 0.05) is 36.0 Å². The van der Waals surface area contributed by atoms with Crippen LogP contribution >= 0.6 is 11.8 Å². The minimum atomic E-state index is -4.35. The number of rotatable bonds is 10. The minimum Gasteiger partial charge on any atom is -0.457 e. The van der Waals surface area contributed by atoms with Crippen LogP contribution in [0.2, 0.25) is 0 Å². The van der Waals surface area contributed by atoms with Crippen molar-refractivity contribution in [3.05, 3.63) is 96.8 Å². The summed E-state index contributed by atoms with van der Waals surface area (Å²) in [6.45, 7) is 0.290. The monoisotopic (exact) mass is 555 g/mol. The normalized spacial score (nSPS) is 11.0. The predicted octanol–water partition coefficient (Wildman–Crippen LogP) is 6.30. The first-order valence-corrected chi connectivity index (χ1v) is 12.3. The Bertz CT molecular complexity index is 1420. The molecular formula is C27H24F3N5O3S. The number of thioether (sulfide) groups is 1. The van der Waals surface area contributed by atoms with Crippen LogP contribution in [0.15, 0.2) is 96.0 Å². The number of para-hydroxylation sites is 1. The molecule has 4 rings (SSSR count). The van der Waals surface area contributed by atoms with Crippen LogP contribution in [-0.4, -0.2) is 30.1 Å². The molecule has 0 aliphatic carbocycles. The van der Waals surface area contributed by atoms with Gasteiger partial charge in [0.15, 0.2) is 5.75 Å². The molecular weight excluding hydrogens is 531 g/mol. The number of hydrogen-bond acceptors (Lipinski definition) is 8. The van der Waals surface area contributed by atoms with E-state index in [1.807, 2.05) is 11.0 Å². The third-order valence-electron chi connectivity index (χ3n) is 5.20. The number of halogens is 3. The van der Waals surface area contributed by atoms with Gasteiger partial charge in [-0.3, -0.25) is 9.78 Å². The molecule has 8 nitrogen and oxygen atoms in total. The Hall–Kier alpha value is -4.58. The van der Waals surface area contributed by atoms with Crippen LogP contribution in [0.4, 0.5) is 30.2 Å². The third kappa shape index (κ3) is 8.20. The number of benzene rings is 3. The number of nitrogens with two attached hydrogens (primary N) is 1. The highest BCUT2D eigenvalue weighted by Gasteiger charge is 2.29. The molecule has 4 N–H and O–H groups in total. The van der Waals surface area contributed by atoms with Gasteiger partial charge in [0.2, 0.25) is 0 Å². The van der Waals surface area contributed by atoms with Crippen LogP contribution < -0.4 is 31.0 Å². The number of nitrogens with one attached hydrogen (secondary N) is 2. The van der Waals surface area contributed by atoms with E-state index in [2.05, 4.69) is 15.8 Å². The Morgan fingerprint density at radius 2 is 1.74 bits per heavy atom. The second kappa shape index (κ2) is 12.3. The van der Waals surface area contributed by atoms with Crippen molar-refractivity contribution in [1.82, 2.24) is 10.5 Å². The lowest BCUT2D eigenvalue weighted by atomic mass is 10.2. The first-order valence-electron chi connectivity index (χ1n) is 11.5. The van der Waals surface area contributed by atoms with Crippen molar-refractivity contribution in [2.75, 3.05) is 29.7 Å². The summed E-state index contributed by atoms with van der Waals surface area (Å²) in [6.07, 6.45) is 1.44. The van der Waals surface area contributed by atoms with E-state index in [1.165, 1.54) is 24.4 Å². The molecule has 0 aliphatic heterocycles. The van der Waals surface area contributed by atoms with Gasteiger partial charge in [-0.2, -0.15) is 18.7 Å². The molecule has 0 spiro atoms. The number of hydroxylamine groups is 1. The lowest BCUT2D eigenvalue weighted by Crippen LogP contribution is -2.27. The maximum atomic E-state index is 12.7. The van der Waals surface area contributed by atoms with Gasteiger partial charge in [-0.25, -0.2) is 0 Å². The van der Waals surface area contributed by atoms with Crippen LogP contribution in [0.3, 0.4) is 0 Å². The van der Waals surface area contributed by atoms with Gasteiger partial charge < -0.3 is 25.5 Å². The molecule has 0 saturated carbocycles. The van der Waals surface area contributed by atoms with E-state index < -0.39 is 11.4 Å². The molecule has 0 fully saturated rings. The predicted molar refractivity (Wildman–Crippen MR) is 145 cm³/mol. The van der Waals surface area contributed by atoms with Crippen molar-refractivity contribution in [1.29, 1.82) is 0 Å². The molecule has 1 amide bonds. The summed E-state index contributed by atoms with van der Waals surface area (Å²) in [5.74, 6) is 0.736. The number of anilines is 3. The van der Waals surface area contributed by atoms with E-state index in [4.69, 9.17) is 15.3 Å². The number of aromatic nitrogens is 1. The fourth-order valence-corrected chi connectivity index (χ4v) is 4.02. The fourth-order valence-electron chi connectivity index (χ4n) is 3.42. The number of pyridine rings is 1. The standard InChI is InChI=1S/C27H24F3N5O3S/c1-35(17-33-18-6-5-9-22(14-18)39-27(28,29)30)25-11-10-20(15-23(25)31)37-21-12-13-32-24(16-21)26(36)34-38-19-7-3-2-4-8-19/h2-16,33H,17,31H2,1H3,(H,34,36). The number of nitrogens with zero attached hydrogens (tertiary/aromatic N) is 2. The SMILES string of the molecule is CN(CNc1cccc(SC(F)(F)F)c1)c1ccc(Oc2ccnc(C(=O)NOc3ccccc3)c2)cc1N. The van der Waals surface area contributed by atoms with Crippen LogP contribution in [-0.2, 0) is 0 Å². The summed E-state index contributed by atoms with van der Waals surface area (Å²) in [7, 11) is 1.79. The largest absolute Gasteiger partial charge is 0.457 e. The smallest absolute Gasteiger partial charge is 0.446 e. The molecule has 4 aromatic rings. The van der Waals surface area contributed by atoms with Crippen LogP contribution in [0.1, 0.15) is 10.5 Å². The van der Waals surface area contributed by atoms with Crippen molar-refractivity contribution in [2.24, 2.45) is 0 Å². The second-order valence-corrected chi connectivity index (χ2v) is 9.29. The third-order valence-corrected chi connectivity index (χ3v) is 5.92. The summed E-state index contributed by atoms with van der Waals surface area (Å²) in [4.78, 5) is 23.6. The summed E-state index contributed by atoms with van der Waals surface area (Å²) < 4.78 is 43.8. The topological polar surface area (TPSA) is 102 Å². The van der Waals surface area contributed by atoms with Gasteiger partial charge in [-0.15, -0.1) is 0 Å². The molecule has 0 radical (unpaired) electrons. The van der Waals surface area contributed by atoms with Crippen molar-refractivity contribution < 1.29 is 27.5 Å². The van der Waals surface area contributed by atoms with E-state index in [0.29, 0.717) is 41.0 Å². The maximum Gasteiger partial charge on any atom is 0.446 e. The second-order valence-electron chi connectivity index (χ2n) is 8.15. The first kappa shape index (κ1) is 27.5. The van der Waals surface area contributed by atoms with E-state index in [-0.39, 0.29) is 22.4 Å². The summed E-state index contributed by atoms with van der Waals surface area (Å²) in [5, 5.41) is 3.09. The number of carbonyl (C=O) groups excluding carboxylic acids is 1. The van der Waals surface area contributed by atoms with E-state index in [9.17, 15) is 18.0 Å². The minimum absolute atomic E-state index is 0.0940. The van der Waals surface area contributed by atoms with E-state index in [0.717, 1.165) is 0 Å². The van der Waals surface area contributed by atoms with Gasteiger partial charge in [0.05, 0.1) is 18.0 Å². The summed E-state index contributed by atoms with van der Waals surface area (Å²) >= 11 is -0.166. The number of amides is 1. The fraction of sp³-hybridized carbons (Fsp3) is 0.111. The van der Waals surface area contributed by atoms with Crippen molar-refractivity contribution >= 4 is 34.7 Å². The maximum absolute atomic E-state index is 12.7. The van der Waals surface area contributed by atoms with Crippen LogP contribution in [0, 0.1) is 0 Å². The molecule has 39 heavy (non-hydrogen) atoms. The Balaban J connectivity index is 1.35. The van der Waals surface area contributed by atoms with Gasteiger partial charge in [-0.05, 0) is 60.3 Å². The van der Waals surface area contributed by atoms with Crippen molar-refractivity contribution in [3.63, 3.8) is 0 Å². The number of carbonyl (C=O) groups is 1. The Labute approximate surface area is 226 Å². The van der Waals surface area contributed by atoms with Gasteiger partial charge in [0.25, 0.3) is 0 Å². The molecule has 1 heterocycles. The first-order chi connectivity index (χ1) is 18.7. The highest BCUT2D eigenvalue weighted by Crippen LogP contribution is 2.37. The molecule has 12 heteroatoms. The van der Waals surface area contributed by atoms with Crippen molar-refractivity contribution in [3.8, 4) is 17.2 Å². The van der Waals surface area contributed by atoms with Gasteiger partial charge >= 0.3 is 11.4 Å². The number of ether oxygens (including phenoxy) is 1. The lowest BCUT2D eigenvalue weighted by Gasteiger charge is -2.23. The summed E-state index contributed by atoms with van der Waals surface area (Å²) in [6, 6.07) is 23.0. The molecule has 0 aliphatic rings. The zero-order valence-electron chi connectivity index (χ0n) is 20.6. The number of alkyl halides is 3. The van der Waals surface area contributed by atoms with Crippen LogP contribution in [0.5, 0.6) is 17.2 Å². The highest BCUT2D eigenvalue weighted by atomic mass is 32.2. The Morgan fingerprint density at radius 3 is 2.49 bits per heavy atom. The highest BCUT2D eigenvalue weighted by molar-refractivity contribution is 8.00. The molecule has 3 aromatic carbocycles. The number of hydrogen-bond donors (Lipinski definition) is 3. The Morgan fingerprint density at radius 1 is 0.974 bits per heavy atom. The molecule has 0 unspecified atom stereocenters. The molecule has 0 atom stereocenters. The Kier molecular flexibility index (Phi) is 8.67. The molecule has 202 valence electrons. The van der Waals surface area contributed by atoms with E-state index in [1.54, 1.807) is 67.7 Å². The molecule has 0 saturated heterocycles. The number of nitrogen functional groups attached to an aromatic ring is 1.